The molecule has 2 fully saturated rings. The summed E-state index contributed by atoms with van der Waals surface area (Å²) in [5.74, 6) is 1.07. The quantitative estimate of drug-likeness (QED) is 0.699. The number of alkyl halides is 1. The van der Waals surface area contributed by atoms with E-state index in [0.29, 0.717) is 11.9 Å². The lowest BCUT2D eigenvalue weighted by Gasteiger charge is -2.29. The molecular weight excluding hydrogens is 242 g/mol. The first-order valence-corrected chi connectivity index (χ1v) is 6.56. The zero-order chi connectivity index (χ0) is 10.1. The van der Waals surface area contributed by atoms with Crippen LogP contribution in [0, 0.1) is 5.92 Å². The molecule has 1 amide bonds. The van der Waals surface area contributed by atoms with Crippen molar-refractivity contribution in [1.29, 1.82) is 0 Å². The highest BCUT2D eigenvalue weighted by molar-refractivity contribution is 9.10. The monoisotopic (exact) mass is 259 g/mol. The summed E-state index contributed by atoms with van der Waals surface area (Å²) in [4.78, 5) is 14.0. The zero-order valence-corrected chi connectivity index (χ0v) is 10.3. The number of nitrogens with zero attached hydrogens (tertiary/aromatic N) is 1. The van der Waals surface area contributed by atoms with Crippen molar-refractivity contribution in [3.05, 3.63) is 0 Å². The summed E-state index contributed by atoms with van der Waals surface area (Å²) in [6.07, 6.45) is 6.33. The smallest absolute Gasteiger partial charge is 0.236 e. The lowest BCUT2D eigenvalue weighted by molar-refractivity contribution is -0.129. The summed E-state index contributed by atoms with van der Waals surface area (Å²) in [5.41, 5.74) is 0. The van der Waals surface area contributed by atoms with Gasteiger partial charge < -0.3 is 4.90 Å². The highest BCUT2D eigenvalue weighted by Crippen LogP contribution is 2.32. The molecule has 1 heterocycles. The molecule has 0 aromatic rings. The second kappa shape index (κ2) is 4.21. The summed E-state index contributed by atoms with van der Waals surface area (Å²) in [7, 11) is 0. The Morgan fingerprint density at radius 1 is 1.36 bits per heavy atom. The van der Waals surface area contributed by atoms with Gasteiger partial charge in [0.15, 0.2) is 0 Å². The number of hydrogen-bond acceptors (Lipinski definition) is 1. The Morgan fingerprint density at radius 3 is 2.50 bits per heavy atom. The van der Waals surface area contributed by atoms with Gasteiger partial charge in [0.25, 0.3) is 0 Å². The maximum Gasteiger partial charge on any atom is 0.236 e. The lowest BCUT2D eigenvalue weighted by atomic mass is 9.98. The van der Waals surface area contributed by atoms with Crippen LogP contribution in [0.4, 0.5) is 0 Å². The maximum atomic E-state index is 11.8. The van der Waals surface area contributed by atoms with E-state index < -0.39 is 0 Å². The number of halogens is 1. The van der Waals surface area contributed by atoms with Crippen LogP contribution < -0.4 is 0 Å². The number of likely N-dealkylation sites (tertiary alicyclic amines) is 1. The van der Waals surface area contributed by atoms with Crippen LogP contribution in [0.2, 0.25) is 0 Å². The predicted octanol–water partition coefficient (Wildman–Crippen LogP) is 2.56. The first-order valence-electron chi connectivity index (χ1n) is 5.64. The van der Waals surface area contributed by atoms with E-state index >= 15 is 0 Å². The summed E-state index contributed by atoms with van der Waals surface area (Å²) in [6.45, 7) is 3.17. The fraction of sp³-hybridized carbons (Fsp3) is 0.909. The molecule has 0 bridgehead atoms. The first-order chi connectivity index (χ1) is 6.70. The van der Waals surface area contributed by atoms with Crippen LogP contribution in [0.1, 0.15) is 39.0 Å². The minimum Gasteiger partial charge on any atom is -0.339 e. The third-order valence-electron chi connectivity index (χ3n) is 3.75. The molecule has 0 aromatic heterocycles. The van der Waals surface area contributed by atoms with Crippen molar-refractivity contribution in [2.45, 2.75) is 49.9 Å². The Labute approximate surface area is 94.2 Å². The Morgan fingerprint density at radius 2 is 2.00 bits per heavy atom. The van der Waals surface area contributed by atoms with Crippen LogP contribution in [-0.4, -0.2) is 28.2 Å². The average Bonchev–Trinajstić information content (AvgIpc) is 2.77. The van der Waals surface area contributed by atoms with E-state index in [2.05, 4.69) is 27.8 Å². The van der Waals surface area contributed by atoms with Gasteiger partial charge in [-0.1, -0.05) is 28.8 Å². The second-order valence-electron chi connectivity index (χ2n) is 4.57. The zero-order valence-electron chi connectivity index (χ0n) is 8.71. The van der Waals surface area contributed by atoms with Crippen molar-refractivity contribution in [2.24, 2.45) is 5.92 Å². The third kappa shape index (κ3) is 1.83. The standard InChI is InChI=1S/C11H18BrNO/c1-8(9-4-2-3-5-9)13-7-6-10(12)11(13)14/h8-10H,2-7H2,1H3. The molecule has 2 unspecified atom stereocenters. The predicted molar refractivity (Wildman–Crippen MR) is 60.5 cm³/mol. The molecule has 2 aliphatic rings. The van der Waals surface area contributed by atoms with Crippen molar-refractivity contribution in [2.75, 3.05) is 6.54 Å². The molecule has 1 aliphatic carbocycles. The van der Waals surface area contributed by atoms with E-state index in [1.807, 2.05) is 0 Å². The van der Waals surface area contributed by atoms with Crippen molar-refractivity contribution < 1.29 is 4.79 Å². The van der Waals surface area contributed by atoms with Crippen LogP contribution in [0.25, 0.3) is 0 Å². The van der Waals surface area contributed by atoms with Gasteiger partial charge in [0.05, 0.1) is 4.83 Å². The maximum absolute atomic E-state index is 11.8. The van der Waals surface area contributed by atoms with Gasteiger partial charge in [-0.25, -0.2) is 0 Å². The van der Waals surface area contributed by atoms with E-state index in [4.69, 9.17) is 0 Å². The van der Waals surface area contributed by atoms with Gasteiger partial charge in [0.1, 0.15) is 0 Å². The summed E-state index contributed by atoms with van der Waals surface area (Å²) >= 11 is 3.43. The van der Waals surface area contributed by atoms with Crippen LogP contribution in [-0.2, 0) is 4.79 Å². The van der Waals surface area contributed by atoms with Crippen LogP contribution >= 0.6 is 15.9 Å². The minimum absolute atomic E-state index is 0.0892. The highest BCUT2D eigenvalue weighted by atomic mass is 79.9. The molecule has 1 aliphatic heterocycles. The number of rotatable bonds is 2. The van der Waals surface area contributed by atoms with Crippen molar-refractivity contribution in [3.8, 4) is 0 Å². The fourth-order valence-corrected chi connectivity index (χ4v) is 3.23. The largest absolute Gasteiger partial charge is 0.339 e. The molecule has 2 atom stereocenters. The molecule has 14 heavy (non-hydrogen) atoms. The Bertz CT molecular complexity index is 225. The fourth-order valence-electron chi connectivity index (χ4n) is 2.76. The molecule has 2 nitrogen and oxygen atoms in total. The Balaban J connectivity index is 1.97. The molecular formula is C11H18BrNO. The van der Waals surface area contributed by atoms with Crippen LogP contribution in [0.15, 0.2) is 0 Å². The SMILES string of the molecule is CC(C1CCCC1)N1CCC(Br)C1=O. The van der Waals surface area contributed by atoms with Crippen LogP contribution in [0.5, 0.6) is 0 Å². The van der Waals surface area contributed by atoms with Gasteiger partial charge in [-0.15, -0.1) is 0 Å². The van der Waals surface area contributed by atoms with Crippen LogP contribution in [0.3, 0.4) is 0 Å². The molecule has 1 saturated heterocycles. The molecule has 1 saturated carbocycles. The van der Waals surface area contributed by atoms with E-state index in [0.717, 1.165) is 18.9 Å². The number of carbonyl (C=O) groups is 1. The van der Waals surface area contributed by atoms with Gasteiger partial charge in [-0.05, 0) is 32.1 Å². The van der Waals surface area contributed by atoms with Crippen molar-refractivity contribution in [3.63, 3.8) is 0 Å². The molecule has 0 spiro atoms. The Kier molecular flexibility index (Phi) is 3.15. The molecule has 80 valence electrons. The van der Waals surface area contributed by atoms with Crippen molar-refractivity contribution >= 4 is 21.8 Å². The number of amides is 1. The second-order valence-corrected chi connectivity index (χ2v) is 5.68. The lowest BCUT2D eigenvalue weighted by Crippen LogP contribution is -2.39. The highest BCUT2D eigenvalue weighted by Gasteiger charge is 2.36. The van der Waals surface area contributed by atoms with E-state index in [1.165, 1.54) is 25.7 Å². The summed E-state index contributed by atoms with van der Waals surface area (Å²) < 4.78 is 0. The normalized spacial score (nSPS) is 31.4. The van der Waals surface area contributed by atoms with Gasteiger partial charge in [0, 0.05) is 12.6 Å². The van der Waals surface area contributed by atoms with Gasteiger partial charge in [0.2, 0.25) is 5.91 Å². The first kappa shape index (κ1) is 10.5. The van der Waals surface area contributed by atoms with E-state index in [-0.39, 0.29) is 4.83 Å². The number of carbonyl (C=O) groups excluding carboxylic acids is 1. The van der Waals surface area contributed by atoms with E-state index in [9.17, 15) is 4.79 Å². The molecule has 0 aromatic carbocycles. The molecule has 2 rings (SSSR count). The van der Waals surface area contributed by atoms with Gasteiger partial charge >= 0.3 is 0 Å². The molecule has 3 heteroatoms. The number of hydrogen-bond donors (Lipinski definition) is 0. The molecule has 0 radical (unpaired) electrons. The van der Waals surface area contributed by atoms with Gasteiger partial charge in [-0.3, -0.25) is 4.79 Å². The molecule has 0 N–H and O–H groups in total. The Hall–Kier alpha value is -0.0500. The van der Waals surface area contributed by atoms with E-state index in [1.54, 1.807) is 0 Å². The average molecular weight is 260 g/mol. The minimum atomic E-state index is 0.0892. The summed E-state index contributed by atoms with van der Waals surface area (Å²) in [5, 5.41) is 0. The summed E-state index contributed by atoms with van der Waals surface area (Å²) in [6, 6.07) is 0.465. The third-order valence-corrected chi connectivity index (χ3v) is 4.60. The van der Waals surface area contributed by atoms with Crippen molar-refractivity contribution in [1.82, 2.24) is 4.90 Å². The van der Waals surface area contributed by atoms with Gasteiger partial charge in [-0.2, -0.15) is 0 Å². The topological polar surface area (TPSA) is 20.3 Å².